The van der Waals surface area contributed by atoms with Gasteiger partial charge in [0.2, 0.25) is 0 Å². The molecule has 1 saturated heterocycles. The van der Waals surface area contributed by atoms with Crippen molar-refractivity contribution in [3.05, 3.63) is 75.3 Å². The first-order valence-corrected chi connectivity index (χ1v) is 12.1. The second-order valence-corrected chi connectivity index (χ2v) is 10.1. The van der Waals surface area contributed by atoms with Crippen LogP contribution in [0.15, 0.2) is 58.4 Å². The summed E-state index contributed by atoms with van der Waals surface area (Å²) in [4.78, 5) is 20.5. The lowest BCUT2D eigenvalue weighted by Crippen LogP contribution is -2.35. The van der Waals surface area contributed by atoms with E-state index in [-0.39, 0.29) is 18.0 Å². The molecular formula is C26H28ClN3OS. The van der Waals surface area contributed by atoms with E-state index in [4.69, 9.17) is 16.6 Å². The Morgan fingerprint density at radius 3 is 2.41 bits per heavy atom. The van der Waals surface area contributed by atoms with Crippen LogP contribution in [0.2, 0.25) is 5.02 Å². The second-order valence-electron chi connectivity index (χ2n) is 8.61. The SMILES string of the molecule is Cc1c(/C=C2/SC(=NC(C)C)N(C(C)C)C2=O)c2ccccc2n1Cc1ccc(Cl)cc1. The van der Waals surface area contributed by atoms with Gasteiger partial charge in [-0.3, -0.25) is 14.7 Å². The summed E-state index contributed by atoms with van der Waals surface area (Å²) in [6.45, 7) is 11.0. The van der Waals surface area contributed by atoms with Crippen molar-refractivity contribution in [1.82, 2.24) is 9.47 Å². The number of hydrogen-bond donors (Lipinski definition) is 0. The van der Waals surface area contributed by atoms with E-state index in [1.54, 1.807) is 4.90 Å². The molecule has 0 saturated carbocycles. The summed E-state index contributed by atoms with van der Waals surface area (Å²) in [5.74, 6) is 0.0262. The summed E-state index contributed by atoms with van der Waals surface area (Å²) in [5, 5.41) is 2.66. The van der Waals surface area contributed by atoms with Crippen LogP contribution in [0.3, 0.4) is 0 Å². The average Bonchev–Trinajstić information content (AvgIpc) is 3.18. The van der Waals surface area contributed by atoms with Crippen molar-refractivity contribution in [3.8, 4) is 0 Å². The van der Waals surface area contributed by atoms with Gasteiger partial charge in [-0.1, -0.05) is 41.9 Å². The average molecular weight is 466 g/mol. The number of amides is 1. The van der Waals surface area contributed by atoms with E-state index in [1.807, 2.05) is 52.0 Å². The maximum atomic E-state index is 13.3. The Kier molecular flexibility index (Phi) is 6.50. The quantitative estimate of drug-likeness (QED) is 0.391. The van der Waals surface area contributed by atoms with Crippen LogP contribution in [0.25, 0.3) is 17.0 Å². The molecule has 32 heavy (non-hydrogen) atoms. The van der Waals surface area contributed by atoms with Gasteiger partial charge in [-0.15, -0.1) is 0 Å². The van der Waals surface area contributed by atoms with E-state index in [0.717, 1.165) is 43.8 Å². The first-order valence-electron chi connectivity index (χ1n) is 10.9. The molecule has 0 spiro atoms. The van der Waals surface area contributed by atoms with E-state index in [1.165, 1.54) is 17.3 Å². The number of nitrogens with zero attached hydrogens (tertiary/aromatic N) is 3. The molecule has 166 valence electrons. The van der Waals surface area contributed by atoms with Crippen molar-refractivity contribution in [2.75, 3.05) is 0 Å². The molecule has 3 aromatic rings. The van der Waals surface area contributed by atoms with Gasteiger partial charge in [-0.05, 0) is 76.2 Å². The first kappa shape index (κ1) is 22.7. The largest absolute Gasteiger partial charge is 0.340 e. The number of aliphatic imine (C=N–C) groups is 1. The molecule has 0 N–H and O–H groups in total. The summed E-state index contributed by atoms with van der Waals surface area (Å²) in [6, 6.07) is 16.5. The monoisotopic (exact) mass is 465 g/mol. The van der Waals surface area contributed by atoms with Crippen LogP contribution >= 0.6 is 23.4 Å². The zero-order chi connectivity index (χ0) is 23.0. The number of halogens is 1. The molecule has 2 heterocycles. The van der Waals surface area contributed by atoms with Crippen molar-refractivity contribution in [1.29, 1.82) is 0 Å². The predicted octanol–water partition coefficient (Wildman–Crippen LogP) is 6.74. The van der Waals surface area contributed by atoms with E-state index in [2.05, 4.69) is 41.8 Å². The lowest BCUT2D eigenvalue weighted by Gasteiger charge is -2.20. The van der Waals surface area contributed by atoms with Gasteiger partial charge in [0.05, 0.1) is 4.91 Å². The molecule has 0 bridgehead atoms. The maximum Gasteiger partial charge on any atom is 0.266 e. The molecule has 1 aliphatic heterocycles. The van der Waals surface area contributed by atoms with Crippen molar-refractivity contribution >= 4 is 51.4 Å². The molecule has 4 rings (SSSR count). The van der Waals surface area contributed by atoms with Crippen LogP contribution in [0, 0.1) is 6.92 Å². The summed E-state index contributed by atoms with van der Waals surface area (Å²) in [6.07, 6.45) is 2.04. The third kappa shape index (κ3) is 4.37. The van der Waals surface area contributed by atoms with Gasteiger partial charge in [-0.25, -0.2) is 0 Å². The Hall–Kier alpha value is -2.50. The van der Waals surface area contributed by atoms with E-state index >= 15 is 0 Å². The highest BCUT2D eigenvalue weighted by molar-refractivity contribution is 8.18. The van der Waals surface area contributed by atoms with E-state index in [0.29, 0.717) is 0 Å². The fourth-order valence-corrected chi connectivity index (χ4v) is 5.34. The minimum atomic E-state index is 0.0262. The van der Waals surface area contributed by atoms with E-state index in [9.17, 15) is 4.79 Å². The van der Waals surface area contributed by atoms with Crippen LogP contribution in [0.4, 0.5) is 0 Å². The Morgan fingerprint density at radius 1 is 1.06 bits per heavy atom. The number of rotatable bonds is 5. The normalized spacial score (nSPS) is 17.1. The lowest BCUT2D eigenvalue weighted by atomic mass is 10.1. The molecule has 1 aromatic heterocycles. The van der Waals surface area contributed by atoms with Gasteiger partial charge in [0.25, 0.3) is 5.91 Å². The van der Waals surface area contributed by atoms with E-state index < -0.39 is 0 Å². The number of benzene rings is 2. The number of amidine groups is 1. The van der Waals surface area contributed by atoms with Gasteiger partial charge in [0.15, 0.2) is 5.17 Å². The summed E-state index contributed by atoms with van der Waals surface area (Å²) >= 11 is 7.54. The Balaban J connectivity index is 1.80. The molecule has 2 aromatic carbocycles. The van der Waals surface area contributed by atoms with Gasteiger partial charge >= 0.3 is 0 Å². The number of thioether (sulfide) groups is 1. The number of carbonyl (C=O) groups is 1. The van der Waals surface area contributed by atoms with Crippen molar-refractivity contribution < 1.29 is 4.79 Å². The zero-order valence-electron chi connectivity index (χ0n) is 19.1. The molecule has 6 heteroatoms. The van der Waals surface area contributed by atoms with Gasteiger partial charge in [0.1, 0.15) is 0 Å². The van der Waals surface area contributed by atoms with Crippen LogP contribution in [-0.4, -0.2) is 32.6 Å². The molecule has 0 aliphatic carbocycles. The molecule has 1 fully saturated rings. The van der Waals surface area contributed by atoms with Gasteiger partial charge in [0, 0.05) is 45.8 Å². The number of carbonyl (C=O) groups excluding carboxylic acids is 1. The van der Waals surface area contributed by atoms with Crippen LogP contribution in [-0.2, 0) is 11.3 Å². The molecule has 0 radical (unpaired) electrons. The fraction of sp³-hybridized carbons (Fsp3) is 0.308. The second kappa shape index (κ2) is 9.16. The minimum absolute atomic E-state index is 0.0262. The first-order chi connectivity index (χ1) is 15.3. The third-order valence-corrected chi connectivity index (χ3v) is 6.78. The number of para-hydroxylation sites is 1. The molecule has 4 nitrogen and oxygen atoms in total. The van der Waals surface area contributed by atoms with Gasteiger partial charge < -0.3 is 4.57 Å². The predicted molar refractivity (Wildman–Crippen MR) is 137 cm³/mol. The van der Waals surface area contributed by atoms with Crippen molar-refractivity contribution in [3.63, 3.8) is 0 Å². The lowest BCUT2D eigenvalue weighted by molar-refractivity contribution is -0.123. The fourth-order valence-electron chi connectivity index (χ4n) is 4.00. The third-order valence-electron chi connectivity index (χ3n) is 5.53. The van der Waals surface area contributed by atoms with Crippen molar-refractivity contribution in [2.24, 2.45) is 4.99 Å². The molecule has 1 aliphatic rings. The zero-order valence-corrected chi connectivity index (χ0v) is 20.7. The summed E-state index contributed by atoms with van der Waals surface area (Å²) in [5.41, 5.74) is 4.55. The molecule has 0 unspecified atom stereocenters. The topological polar surface area (TPSA) is 37.6 Å². The highest BCUT2D eigenvalue weighted by Gasteiger charge is 2.35. The molecular weight excluding hydrogens is 438 g/mol. The van der Waals surface area contributed by atoms with Crippen LogP contribution < -0.4 is 0 Å². The number of aromatic nitrogens is 1. The number of fused-ring (bicyclic) bond motifs is 1. The van der Waals surface area contributed by atoms with Crippen LogP contribution in [0.1, 0.15) is 44.5 Å². The van der Waals surface area contributed by atoms with Gasteiger partial charge in [-0.2, -0.15) is 0 Å². The summed E-state index contributed by atoms with van der Waals surface area (Å²) in [7, 11) is 0. The number of hydrogen-bond acceptors (Lipinski definition) is 3. The van der Waals surface area contributed by atoms with Crippen LogP contribution in [0.5, 0.6) is 0 Å². The smallest absolute Gasteiger partial charge is 0.266 e. The highest BCUT2D eigenvalue weighted by atomic mass is 35.5. The Bertz CT molecular complexity index is 1220. The summed E-state index contributed by atoms with van der Waals surface area (Å²) < 4.78 is 2.30. The Morgan fingerprint density at radius 2 is 1.75 bits per heavy atom. The minimum Gasteiger partial charge on any atom is -0.340 e. The maximum absolute atomic E-state index is 13.3. The standard InChI is InChI=1S/C26H28ClN3OS/c1-16(2)28-26-30(17(3)4)25(31)24(32-26)14-22-18(5)29(23-9-7-6-8-21(22)23)15-19-10-12-20(27)13-11-19/h6-14,16-17H,15H2,1-5H3/b24-14+,28-26?. The molecule has 0 atom stereocenters. The molecule has 1 amide bonds. The highest BCUT2D eigenvalue weighted by Crippen LogP contribution is 2.37. The van der Waals surface area contributed by atoms with Crippen molar-refractivity contribution in [2.45, 2.75) is 53.2 Å². The Labute approximate surface area is 199 Å².